The van der Waals surface area contributed by atoms with Crippen molar-refractivity contribution in [2.75, 3.05) is 6.54 Å². The largest absolute Gasteiger partial charge is 0.435 e. The number of hydrogen-bond donors (Lipinski definition) is 3. The molecular formula is C21H25F7N2O2. The number of hydrogen-bond acceptors (Lipinski definition) is 2. The molecule has 0 bridgehead atoms. The van der Waals surface area contributed by atoms with Crippen molar-refractivity contribution in [2.24, 2.45) is 5.92 Å². The molecule has 3 atom stereocenters. The molecule has 0 saturated heterocycles. The minimum Gasteiger partial charge on any atom is -0.389 e. The Bertz CT molecular complexity index is 847. The number of nitrogens with one attached hydrogen (secondary N) is 2. The van der Waals surface area contributed by atoms with Crippen LogP contribution in [0.5, 0.6) is 0 Å². The summed E-state index contributed by atoms with van der Waals surface area (Å²) in [6.07, 6.45) is -10.5. The smallest absolute Gasteiger partial charge is 0.389 e. The van der Waals surface area contributed by atoms with Crippen molar-refractivity contribution < 1.29 is 40.6 Å². The maximum absolute atomic E-state index is 14.4. The Balaban J connectivity index is 1.79. The van der Waals surface area contributed by atoms with Crippen molar-refractivity contribution in [2.45, 2.75) is 75.1 Å². The number of carbonyl (C=O) groups excluding carboxylic acids is 1. The fraction of sp³-hybridized carbons (Fsp3) is 0.667. The Kier molecular flexibility index (Phi) is 6.21. The van der Waals surface area contributed by atoms with Gasteiger partial charge in [0.25, 0.3) is 0 Å². The Morgan fingerprint density at radius 3 is 2.22 bits per heavy atom. The Labute approximate surface area is 180 Å². The number of fused-ring (bicyclic) bond motifs is 3. The van der Waals surface area contributed by atoms with Gasteiger partial charge in [-0.25, -0.2) is 9.18 Å². The van der Waals surface area contributed by atoms with Crippen LogP contribution in [-0.4, -0.2) is 41.7 Å². The van der Waals surface area contributed by atoms with Gasteiger partial charge in [0.2, 0.25) is 0 Å². The van der Waals surface area contributed by atoms with Gasteiger partial charge in [0.15, 0.2) is 0 Å². The van der Waals surface area contributed by atoms with Crippen molar-refractivity contribution in [3.05, 3.63) is 34.9 Å². The van der Waals surface area contributed by atoms with Crippen molar-refractivity contribution in [1.82, 2.24) is 10.6 Å². The lowest BCUT2D eigenvalue weighted by molar-refractivity contribution is -0.348. The number of halogens is 7. The van der Waals surface area contributed by atoms with E-state index in [-0.39, 0.29) is 36.4 Å². The third-order valence-corrected chi connectivity index (χ3v) is 6.29. The zero-order valence-corrected chi connectivity index (χ0v) is 17.5. The van der Waals surface area contributed by atoms with E-state index in [0.717, 1.165) is 6.07 Å². The molecule has 1 aromatic carbocycles. The summed E-state index contributed by atoms with van der Waals surface area (Å²) in [5, 5.41) is 15.1. The molecule has 3 N–H and O–H groups in total. The fourth-order valence-electron chi connectivity index (χ4n) is 4.76. The topological polar surface area (TPSA) is 61.4 Å². The van der Waals surface area contributed by atoms with E-state index in [4.69, 9.17) is 0 Å². The second kappa shape index (κ2) is 8.07. The van der Waals surface area contributed by atoms with E-state index < -0.39 is 35.2 Å². The number of rotatable bonds is 4. The van der Waals surface area contributed by atoms with E-state index in [0.29, 0.717) is 37.0 Å². The first kappa shape index (κ1) is 24.6. The van der Waals surface area contributed by atoms with Crippen LogP contribution in [0.4, 0.5) is 35.5 Å². The molecular weight excluding hydrogens is 445 g/mol. The lowest BCUT2D eigenvalue weighted by Gasteiger charge is -2.34. The van der Waals surface area contributed by atoms with Crippen LogP contribution < -0.4 is 10.6 Å². The molecule has 2 amide bonds. The number of aliphatic hydroxyl groups is 1. The number of urea groups is 1. The lowest BCUT2D eigenvalue weighted by atomic mass is 9.74. The standard InChI is InChI=1S/C21H25F7N2O2/c1-18(2,32)10-29-17(31)30-16-8-7-14-13-6-4-12(9-11(13)3-5-15(14)16)19(22,20(23,24)25)21(26,27)28/h4,6,9,14-16,32H,3,5,7-8,10H2,1-2H3,(H2,29,30,31)/t14-,15+,16+/m0/s1. The fourth-order valence-corrected chi connectivity index (χ4v) is 4.76. The quantitative estimate of drug-likeness (QED) is 0.551. The van der Waals surface area contributed by atoms with Crippen LogP contribution in [0, 0.1) is 5.92 Å². The normalized spacial score (nSPS) is 24.0. The van der Waals surface area contributed by atoms with E-state index in [2.05, 4.69) is 10.6 Å². The van der Waals surface area contributed by atoms with Gasteiger partial charge in [-0.3, -0.25) is 0 Å². The summed E-state index contributed by atoms with van der Waals surface area (Å²) >= 11 is 0. The van der Waals surface area contributed by atoms with Crippen molar-refractivity contribution in [1.29, 1.82) is 0 Å². The van der Waals surface area contributed by atoms with E-state index in [1.165, 1.54) is 13.8 Å². The van der Waals surface area contributed by atoms with Gasteiger partial charge in [-0.15, -0.1) is 0 Å². The molecule has 4 nitrogen and oxygen atoms in total. The average molecular weight is 470 g/mol. The summed E-state index contributed by atoms with van der Waals surface area (Å²) in [5.74, 6) is -0.195. The second-order valence-electron chi connectivity index (χ2n) is 9.20. The molecule has 1 aromatic rings. The molecule has 3 rings (SSSR count). The summed E-state index contributed by atoms with van der Waals surface area (Å²) in [4.78, 5) is 12.1. The predicted molar refractivity (Wildman–Crippen MR) is 102 cm³/mol. The van der Waals surface area contributed by atoms with Crippen LogP contribution in [0.2, 0.25) is 0 Å². The predicted octanol–water partition coefficient (Wildman–Crippen LogP) is 4.85. The molecule has 0 unspecified atom stereocenters. The first-order chi connectivity index (χ1) is 14.5. The third kappa shape index (κ3) is 4.53. The van der Waals surface area contributed by atoms with Crippen LogP contribution in [0.25, 0.3) is 0 Å². The molecule has 0 aromatic heterocycles. The van der Waals surface area contributed by atoms with Crippen molar-refractivity contribution >= 4 is 6.03 Å². The molecule has 2 aliphatic rings. The van der Waals surface area contributed by atoms with Gasteiger partial charge in [-0.1, -0.05) is 18.2 Å². The average Bonchev–Trinajstić information content (AvgIpc) is 3.06. The Morgan fingerprint density at radius 1 is 1.03 bits per heavy atom. The van der Waals surface area contributed by atoms with Gasteiger partial charge in [0.1, 0.15) is 0 Å². The van der Waals surface area contributed by atoms with Crippen LogP contribution in [0.3, 0.4) is 0 Å². The van der Waals surface area contributed by atoms with Gasteiger partial charge >= 0.3 is 24.1 Å². The highest BCUT2D eigenvalue weighted by atomic mass is 19.4. The SMILES string of the molecule is CC(C)(O)CNC(=O)N[C@@H]1CC[C@H]2c3ccc(C(F)(C(F)(F)F)C(F)(F)F)cc3CC[C@@H]12. The minimum absolute atomic E-state index is 0.0364. The number of alkyl halides is 7. The summed E-state index contributed by atoms with van der Waals surface area (Å²) in [5.41, 5.74) is -7.13. The highest BCUT2D eigenvalue weighted by Gasteiger charge is 2.73. The number of amides is 2. The van der Waals surface area contributed by atoms with Gasteiger partial charge in [0.05, 0.1) is 5.60 Å². The highest BCUT2D eigenvalue weighted by molar-refractivity contribution is 5.74. The van der Waals surface area contributed by atoms with Gasteiger partial charge in [-0.2, -0.15) is 26.3 Å². The van der Waals surface area contributed by atoms with Gasteiger partial charge < -0.3 is 15.7 Å². The minimum atomic E-state index is -6.14. The number of carbonyl (C=O) groups is 1. The molecule has 180 valence electrons. The molecule has 11 heteroatoms. The van der Waals surface area contributed by atoms with Crippen LogP contribution >= 0.6 is 0 Å². The highest BCUT2D eigenvalue weighted by Crippen LogP contribution is 2.54. The summed E-state index contributed by atoms with van der Waals surface area (Å²) in [6, 6.07) is 1.73. The zero-order chi connectivity index (χ0) is 24.1. The molecule has 0 aliphatic heterocycles. The molecule has 1 saturated carbocycles. The molecule has 0 heterocycles. The lowest BCUT2D eigenvalue weighted by Crippen LogP contribution is -2.50. The molecule has 0 spiro atoms. The van der Waals surface area contributed by atoms with Crippen LogP contribution in [-0.2, 0) is 12.1 Å². The van der Waals surface area contributed by atoms with E-state index in [1.54, 1.807) is 0 Å². The number of benzene rings is 1. The second-order valence-corrected chi connectivity index (χ2v) is 9.20. The van der Waals surface area contributed by atoms with E-state index in [9.17, 15) is 40.6 Å². The summed E-state index contributed by atoms with van der Waals surface area (Å²) in [7, 11) is 0. The third-order valence-electron chi connectivity index (χ3n) is 6.29. The van der Waals surface area contributed by atoms with Gasteiger partial charge in [-0.05, 0) is 62.5 Å². The van der Waals surface area contributed by atoms with E-state index >= 15 is 0 Å². The summed E-state index contributed by atoms with van der Waals surface area (Å²) in [6.45, 7) is 3.11. The molecule has 2 aliphatic carbocycles. The molecule has 0 radical (unpaired) electrons. The summed E-state index contributed by atoms with van der Waals surface area (Å²) < 4.78 is 92.9. The van der Waals surface area contributed by atoms with Crippen LogP contribution in [0.1, 0.15) is 55.7 Å². The Hall–Kier alpha value is -2.04. The monoisotopic (exact) mass is 470 g/mol. The van der Waals surface area contributed by atoms with Crippen molar-refractivity contribution in [3.8, 4) is 0 Å². The maximum Gasteiger partial charge on any atom is 0.435 e. The Morgan fingerprint density at radius 2 is 1.66 bits per heavy atom. The first-order valence-electron chi connectivity index (χ1n) is 10.3. The molecule has 32 heavy (non-hydrogen) atoms. The van der Waals surface area contributed by atoms with Crippen molar-refractivity contribution in [3.63, 3.8) is 0 Å². The number of aryl methyl sites for hydroxylation is 1. The van der Waals surface area contributed by atoms with E-state index in [1.807, 2.05) is 0 Å². The zero-order valence-electron chi connectivity index (χ0n) is 17.5. The maximum atomic E-state index is 14.4. The molecule has 1 fully saturated rings. The van der Waals surface area contributed by atoms with Gasteiger partial charge in [0, 0.05) is 18.2 Å². The van der Waals surface area contributed by atoms with Crippen LogP contribution in [0.15, 0.2) is 18.2 Å². The first-order valence-corrected chi connectivity index (χ1v) is 10.3.